The molecule has 9 heteroatoms. The molecule has 0 unspecified atom stereocenters. The van der Waals surface area contributed by atoms with Gasteiger partial charge < -0.3 is 16.0 Å². The van der Waals surface area contributed by atoms with Crippen LogP contribution in [-0.4, -0.2) is 47.2 Å². The van der Waals surface area contributed by atoms with Crippen molar-refractivity contribution in [2.75, 3.05) is 6.54 Å². The van der Waals surface area contributed by atoms with Crippen LogP contribution in [0.25, 0.3) is 0 Å². The molecule has 1 aromatic rings. The van der Waals surface area contributed by atoms with E-state index in [0.29, 0.717) is 32.2 Å². The quantitative estimate of drug-likeness (QED) is 0.515. The van der Waals surface area contributed by atoms with Gasteiger partial charge >= 0.3 is 0 Å². The lowest BCUT2D eigenvalue weighted by Crippen LogP contribution is -2.53. The van der Waals surface area contributed by atoms with Crippen LogP contribution in [0.3, 0.4) is 0 Å². The number of hydrogen-bond acceptors (Lipinski definition) is 5. The van der Waals surface area contributed by atoms with Crippen molar-refractivity contribution in [2.24, 2.45) is 17.6 Å². The Bertz CT molecular complexity index is 831. The molecule has 2 fully saturated rings. The summed E-state index contributed by atoms with van der Waals surface area (Å²) < 4.78 is 0. The molecule has 1 aromatic carbocycles. The molecule has 0 bridgehead atoms. The average Bonchev–Trinajstić information content (AvgIpc) is 3.29. The number of nitrogens with one attached hydrogen (secondary N) is 2. The van der Waals surface area contributed by atoms with Gasteiger partial charge in [0.05, 0.1) is 12.5 Å². The third-order valence-electron chi connectivity index (χ3n) is 6.30. The molecule has 2 aliphatic rings. The largest absolute Gasteiger partial charge is 0.368 e. The Morgan fingerprint density at radius 2 is 1.72 bits per heavy atom. The van der Waals surface area contributed by atoms with Crippen molar-refractivity contribution in [3.63, 3.8) is 0 Å². The van der Waals surface area contributed by atoms with Crippen LogP contribution in [0, 0.1) is 11.8 Å². The molecule has 1 saturated heterocycles. The van der Waals surface area contributed by atoms with Gasteiger partial charge in [-0.25, -0.2) is 5.48 Å². The summed E-state index contributed by atoms with van der Waals surface area (Å²) in [5.74, 6) is -2.50. The molecule has 174 valence electrons. The number of primary amides is 1. The van der Waals surface area contributed by atoms with Gasteiger partial charge in [-0.15, -0.1) is 0 Å². The first-order chi connectivity index (χ1) is 15.4. The highest BCUT2D eigenvalue weighted by Crippen LogP contribution is 2.34. The summed E-state index contributed by atoms with van der Waals surface area (Å²) in [5.41, 5.74) is 8.67. The zero-order valence-electron chi connectivity index (χ0n) is 18.4. The van der Waals surface area contributed by atoms with Gasteiger partial charge in [-0.1, -0.05) is 43.2 Å². The number of benzene rings is 1. The van der Waals surface area contributed by atoms with Gasteiger partial charge in [0.1, 0.15) is 12.1 Å². The van der Waals surface area contributed by atoms with Crippen LogP contribution in [0.5, 0.6) is 0 Å². The van der Waals surface area contributed by atoms with Gasteiger partial charge in [0.2, 0.25) is 23.6 Å². The Morgan fingerprint density at radius 3 is 2.41 bits per heavy atom. The van der Waals surface area contributed by atoms with Gasteiger partial charge in [-0.3, -0.25) is 24.0 Å². The first-order valence-corrected chi connectivity index (χ1v) is 11.2. The summed E-state index contributed by atoms with van der Waals surface area (Å²) in [4.78, 5) is 57.1. The lowest BCUT2D eigenvalue weighted by molar-refractivity contribution is -0.151. The monoisotopic (exact) mass is 444 g/mol. The van der Waals surface area contributed by atoms with E-state index in [0.717, 1.165) is 18.4 Å². The summed E-state index contributed by atoms with van der Waals surface area (Å²) in [7, 11) is 0. The highest BCUT2D eigenvalue weighted by molar-refractivity contribution is 5.93. The van der Waals surface area contributed by atoms with Crippen LogP contribution in [0.15, 0.2) is 30.3 Å². The van der Waals surface area contributed by atoms with Crippen molar-refractivity contribution >= 4 is 23.6 Å². The van der Waals surface area contributed by atoms with Crippen LogP contribution >= 0.6 is 0 Å². The topological polar surface area (TPSA) is 131 Å². The van der Waals surface area contributed by atoms with Crippen LogP contribution in [0.2, 0.25) is 0 Å². The van der Waals surface area contributed by atoms with E-state index in [-0.39, 0.29) is 24.3 Å². The SMILES string of the molecule is C[C@H](NC(=O)[C@@H]1CCCN1C(=O)[C@H]1CCCC[C@H]1C(=O)NOCc1ccccc1)C(N)=O. The normalized spacial score (nSPS) is 23.9. The van der Waals surface area contributed by atoms with Gasteiger partial charge in [-0.05, 0) is 38.2 Å². The molecule has 4 atom stereocenters. The molecule has 1 aliphatic carbocycles. The smallest absolute Gasteiger partial charge is 0.247 e. The maximum atomic E-state index is 13.4. The van der Waals surface area contributed by atoms with E-state index in [2.05, 4.69) is 10.8 Å². The lowest BCUT2D eigenvalue weighted by Gasteiger charge is -2.34. The minimum atomic E-state index is -0.810. The molecule has 1 aliphatic heterocycles. The van der Waals surface area contributed by atoms with Crippen molar-refractivity contribution in [1.29, 1.82) is 0 Å². The summed E-state index contributed by atoms with van der Waals surface area (Å²) in [6.45, 7) is 2.21. The van der Waals surface area contributed by atoms with Crippen LogP contribution in [-0.2, 0) is 30.6 Å². The number of nitrogens with zero attached hydrogens (tertiary/aromatic N) is 1. The van der Waals surface area contributed by atoms with Gasteiger partial charge in [0.15, 0.2) is 0 Å². The van der Waals surface area contributed by atoms with Crippen molar-refractivity contribution in [1.82, 2.24) is 15.7 Å². The number of amides is 4. The Balaban J connectivity index is 1.60. The molecule has 0 aromatic heterocycles. The zero-order chi connectivity index (χ0) is 23.1. The molecule has 4 amide bonds. The van der Waals surface area contributed by atoms with E-state index in [1.807, 2.05) is 30.3 Å². The Morgan fingerprint density at radius 1 is 1.03 bits per heavy atom. The molecule has 0 spiro atoms. The summed E-state index contributed by atoms with van der Waals surface area (Å²) in [6, 6.07) is 8.03. The molecule has 1 heterocycles. The average molecular weight is 445 g/mol. The Kier molecular flexibility index (Phi) is 8.21. The number of carbonyl (C=O) groups is 4. The number of carbonyl (C=O) groups excluding carboxylic acids is 4. The fourth-order valence-electron chi connectivity index (χ4n) is 4.48. The summed E-state index contributed by atoms with van der Waals surface area (Å²) in [6.07, 6.45) is 4.12. The molecule has 0 radical (unpaired) electrons. The van der Waals surface area contributed by atoms with Crippen molar-refractivity contribution in [3.05, 3.63) is 35.9 Å². The number of likely N-dealkylation sites (tertiary alicyclic amines) is 1. The van der Waals surface area contributed by atoms with Crippen molar-refractivity contribution in [3.8, 4) is 0 Å². The number of nitrogens with two attached hydrogens (primary N) is 1. The fourth-order valence-corrected chi connectivity index (χ4v) is 4.48. The maximum Gasteiger partial charge on any atom is 0.247 e. The lowest BCUT2D eigenvalue weighted by atomic mass is 9.78. The molecule has 1 saturated carbocycles. The summed E-state index contributed by atoms with van der Waals surface area (Å²) in [5, 5.41) is 2.58. The molecular weight excluding hydrogens is 412 g/mol. The minimum absolute atomic E-state index is 0.183. The first kappa shape index (κ1) is 23.7. The summed E-state index contributed by atoms with van der Waals surface area (Å²) >= 11 is 0. The van der Waals surface area contributed by atoms with Gasteiger partial charge in [-0.2, -0.15) is 0 Å². The van der Waals surface area contributed by atoms with Crippen LogP contribution in [0.1, 0.15) is 51.0 Å². The van der Waals surface area contributed by atoms with E-state index < -0.39 is 29.8 Å². The predicted molar refractivity (Wildman–Crippen MR) is 116 cm³/mol. The highest BCUT2D eigenvalue weighted by Gasteiger charge is 2.43. The van der Waals surface area contributed by atoms with Gasteiger partial charge in [0.25, 0.3) is 0 Å². The van der Waals surface area contributed by atoms with E-state index in [1.165, 1.54) is 6.92 Å². The Labute approximate surface area is 188 Å². The second kappa shape index (κ2) is 11.1. The standard InChI is InChI=1S/C23H32N4O5/c1-15(20(24)28)25-22(30)19-12-7-13-27(19)23(31)18-11-6-5-10-17(18)21(29)26-32-14-16-8-3-2-4-9-16/h2-4,8-9,15,17-19H,5-7,10-14H2,1H3,(H2,24,28)(H,25,30)(H,26,29)/t15-,17+,18-,19-/m0/s1. The number of hydrogen-bond donors (Lipinski definition) is 3. The first-order valence-electron chi connectivity index (χ1n) is 11.2. The fraction of sp³-hybridized carbons (Fsp3) is 0.565. The third kappa shape index (κ3) is 5.85. The highest BCUT2D eigenvalue weighted by atomic mass is 16.6. The number of hydroxylamine groups is 1. The second-order valence-corrected chi connectivity index (χ2v) is 8.56. The third-order valence-corrected chi connectivity index (χ3v) is 6.30. The van der Waals surface area contributed by atoms with E-state index in [4.69, 9.17) is 10.6 Å². The minimum Gasteiger partial charge on any atom is -0.368 e. The molecule has 9 nitrogen and oxygen atoms in total. The molecule has 4 N–H and O–H groups in total. The number of rotatable bonds is 8. The zero-order valence-corrected chi connectivity index (χ0v) is 18.4. The molecule has 32 heavy (non-hydrogen) atoms. The maximum absolute atomic E-state index is 13.4. The molecule has 3 rings (SSSR count). The van der Waals surface area contributed by atoms with Gasteiger partial charge in [0, 0.05) is 12.5 Å². The molecular formula is C23H32N4O5. The van der Waals surface area contributed by atoms with Crippen molar-refractivity contribution in [2.45, 2.75) is 64.1 Å². The second-order valence-electron chi connectivity index (χ2n) is 8.56. The van der Waals surface area contributed by atoms with E-state index >= 15 is 0 Å². The Hall–Kier alpha value is -2.94. The van der Waals surface area contributed by atoms with Crippen LogP contribution < -0.4 is 16.5 Å². The predicted octanol–water partition coefficient (Wildman–Crippen LogP) is 1.02. The van der Waals surface area contributed by atoms with Crippen molar-refractivity contribution < 1.29 is 24.0 Å². The van der Waals surface area contributed by atoms with E-state index in [9.17, 15) is 19.2 Å². The van der Waals surface area contributed by atoms with Crippen LogP contribution in [0.4, 0.5) is 0 Å². The van der Waals surface area contributed by atoms with E-state index in [1.54, 1.807) is 4.90 Å².